The largest absolute Gasteiger partial charge is 0.350 e. The van der Waals surface area contributed by atoms with E-state index in [0.29, 0.717) is 11.1 Å². The summed E-state index contributed by atoms with van der Waals surface area (Å²) in [6.07, 6.45) is 3.35. The third-order valence-electron chi connectivity index (χ3n) is 4.21. The third kappa shape index (κ3) is 2.78. The van der Waals surface area contributed by atoms with E-state index in [0.717, 1.165) is 21.0 Å². The Morgan fingerprint density at radius 2 is 2.08 bits per heavy atom. The number of fused-ring (bicyclic) bond motifs is 2. The van der Waals surface area contributed by atoms with Crippen LogP contribution in [0.2, 0.25) is 0 Å². The molecule has 7 nitrogen and oxygen atoms in total. The van der Waals surface area contributed by atoms with E-state index in [9.17, 15) is 9.59 Å². The smallest absolute Gasteiger partial charge is 0.257 e. The molecule has 0 saturated heterocycles. The number of carbonyl (C=O) groups is 1. The SMILES string of the molecule is Cc1ccc2c(c1)c(=O)c(C(=O)NCc1cn3nc(C)sc3n1)cn2C. The Morgan fingerprint density at radius 3 is 2.85 bits per heavy atom. The van der Waals surface area contributed by atoms with Gasteiger partial charge in [0, 0.05) is 18.6 Å². The number of pyridine rings is 1. The van der Waals surface area contributed by atoms with Crippen molar-refractivity contribution in [2.75, 3.05) is 0 Å². The van der Waals surface area contributed by atoms with Gasteiger partial charge in [-0.15, -0.1) is 0 Å². The van der Waals surface area contributed by atoms with Gasteiger partial charge in [-0.1, -0.05) is 23.0 Å². The molecule has 3 heterocycles. The second-order valence-electron chi connectivity index (χ2n) is 6.27. The molecule has 0 atom stereocenters. The molecule has 0 radical (unpaired) electrons. The Bertz CT molecular complexity index is 1190. The van der Waals surface area contributed by atoms with Crippen LogP contribution in [0.15, 0.2) is 35.4 Å². The van der Waals surface area contributed by atoms with Gasteiger partial charge in [0.1, 0.15) is 10.6 Å². The lowest BCUT2D eigenvalue weighted by atomic mass is 10.1. The molecular formula is C18H17N5O2S. The summed E-state index contributed by atoms with van der Waals surface area (Å²) < 4.78 is 3.49. The van der Waals surface area contributed by atoms with Gasteiger partial charge in [0.2, 0.25) is 10.4 Å². The molecule has 0 aliphatic heterocycles. The van der Waals surface area contributed by atoms with E-state index in [-0.39, 0.29) is 17.5 Å². The highest BCUT2D eigenvalue weighted by Gasteiger charge is 2.15. The number of benzene rings is 1. The molecule has 0 aliphatic carbocycles. The number of hydrogen-bond acceptors (Lipinski definition) is 5. The number of nitrogens with one attached hydrogen (secondary N) is 1. The first-order valence-corrected chi connectivity index (χ1v) is 8.94. The monoisotopic (exact) mass is 367 g/mol. The maximum Gasteiger partial charge on any atom is 0.257 e. The lowest BCUT2D eigenvalue weighted by Gasteiger charge is -2.09. The Balaban J connectivity index is 1.62. The highest BCUT2D eigenvalue weighted by molar-refractivity contribution is 7.16. The van der Waals surface area contributed by atoms with E-state index < -0.39 is 5.91 Å². The lowest BCUT2D eigenvalue weighted by Crippen LogP contribution is -2.29. The normalized spacial score (nSPS) is 11.3. The van der Waals surface area contributed by atoms with Crippen molar-refractivity contribution in [3.63, 3.8) is 0 Å². The van der Waals surface area contributed by atoms with E-state index in [1.54, 1.807) is 21.5 Å². The number of rotatable bonds is 3. The summed E-state index contributed by atoms with van der Waals surface area (Å²) in [5, 5.41) is 8.54. The molecule has 4 aromatic rings. The number of aromatic nitrogens is 4. The van der Waals surface area contributed by atoms with E-state index in [1.165, 1.54) is 11.3 Å². The molecule has 1 N–H and O–H groups in total. The highest BCUT2D eigenvalue weighted by atomic mass is 32.1. The van der Waals surface area contributed by atoms with Gasteiger partial charge in [-0.05, 0) is 26.0 Å². The van der Waals surface area contributed by atoms with Crippen molar-refractivity contribution >= 4 is 33.1 Å². The molecule has 0 fully saturated rings. The molecule has 1 amide bonds. The quantitative estimate of drug-likeness (QED) is 0.602. The molecule has 4 rings (SSSR count). The van der Waals surface area contributed by atoms with Gasteiger partial charge >= 0.3 is 0 Å². The first kappa shape index (κ1) is 16.5. The molecule has 8 heteroatoms. The van der Waals surface area contributed by atoms with Crippen LogP contribution in [0.3, 0.4) is 0 Å². The highest BCUT2D eigenvalue weighted by Crippen LogP contribution is 2.14. The predicted molar refractivity (Wildman–Crippen MR) is 101 cm³/mol. The van der Waals surface area contributed by atoms with Crippen LogP contribution in [-0.2, 0) is 13.6 Å². The van der Waals surface area contributed by atoms with Gasteiger partial charge in [-0.25, -0.2) is 9.50 Å². The van der Waals surface area contributed by atoms with Crippen LogP contribution in [0, 0.1) is 13.8 Å². The fourth-order valence-electron chi connectivity index (χ4n) is 2.96. The van der Waals surface area contributed by atoms with Crippen molar-refractivity contribution in [1.82, 2.24) is 24.5 Å². The Hall–Kier alpha value is -3.00. The second kappa shape index (κ2) is 6.06. The summed E-state index contributed by atoms with van der Waals surface area (Å²) in [7, 11) is 1.82. The van der Waals surface area contributed by atoms with Gasteiger partial charge in [0.15, 0.2) is 0 Å². The fraction of sp³-hybridized carbons (Fsp3) is 0.222. The summed E-state index contributed by atoms with van der Waals surface area (Å²) in [5.74, 6) is -0.408. The average molecular weight is 367 g/mol. The molecule has 0 spiro atoms. The molecule has 3 aromatic heterocycles. The number of imidazole rings is 1. The number of carbonyl (C=O) groups excluding carboxylic acids is 1. The minimum Gasteiger partial charge on any atom is -0.350 e. The molecule has 0 bridgehead atoms. The van der Waals surface area contributed by atoms with Gasteiger partial charge in [0.05, 0.1) is 24.0 Å². The van der Waals surface area contributed by atoms with Crippen LogP contribution in [0.5, 0.6) is 0 Å². The zero-order valence-corrected chi connectivity index (χ0v) is 15.4. The summed E-state index contributed by atoms with van der Waals surface area (Å²) >= 11 is 1.49. The minimum atomic E-state index is -0.408. The maximum atomic E-state index is 12.7. The minimum absolute atomic E-state index is 0.126. The number of aryl methyl sites for hydroxylation is 3. The van der Waals surface area contributed by atoms with Crippen molar-refractivity contribution in [2.24, 2.45) is 7.05 Å². The molecule has 0 saturated carbocycles. The van der Waals surface area contributed by atoms with E-state index >= 15 is 0 Å². The molecule has 26 heavy (non-hydrogen) atoms. The van der Waals surface area contributed by atoms with Gasteiger partial charge in [-0.3, -0.25) is 9.59 Å². The number of hydrogen-bond donors (Lipinski definition) is 1. The van der Waals surface area contributed by atoms with Crippen molar-refractivity contribution < 1.29 is 4.79 Å². The van der Waals surface area contributed by atoms with Crippen molar-refractivity contribution in [3.8, 4) is 0 Å². The third-order valence-corrected chi connectivity index (χ3v) is 5.05. The van der Waals surface area contributed by atoms with Crippen LogP contribution in [0.4, 0.5) is 0 Å². The first-order valence-electron chi connectivity index (χ1n) is 8.12. The zero-order chi connectivity index (χ0) is 18.4. The summed E-state index contributed by atoms with van der Waals surface area (Å²) in [4.78, 5) is 30.5. The number of amides is 1. The topological polar surface area (TPSA) is 81.3 Å². The molecule has 1 aromatic carbocycles. The van der Waals surface area contributed by atoms with Crippen molar-refractivity contribution in [2.45, 2.75) is 20.4 Å². The van der Waals surface area contributed by atoms with Crippen molar-refractivity contribution in [1.29, 1.82) is 0 Å². The van der Waals surface area contributed by atoms with E-state index in [1.807, 2.05) is 39.1 Å². The lowest BCUT2D eigenvalue weighted by molar-refractivity contribution is 0.0949. The number of nitrogens with zero attached hydrogens (tertiary/aromatic N) is 4. The Morgan fingerprint density at radius 1 is 1.27 bits per heavy atom. The van der Waals surface area contributed by atoms with Gasteiger partial charge < -0.3 is 9.88 Å². The summed E-state index contributed by atoms with van der Waals surface area (Å²) in [6.45, 7) is 4.08. The Labute approximate surface area is 152 Å². The molecule has 0 aliphatic rings. The Kier molecular flexibility index (Phi) is 3.84. The van der Waals surface area contributed by atoms with Gasteiger partial charge in [-0.2, -0.15) is 5.10 Å². The van der Waals surface area contributed by atoms with E-state index in [2.05, 4.69) is 15.4 Å². The molecule has 132 valence electrons. The average Bonchev–Trinajstić information content (AvgIpc) is 3.12. The van der Waals surface area contributed by atoms with Crippen LogP contribution >= 0.6 is 11.3 Å². The molecule has 0 unspecified atom stereocenters. The second-order valence-corrected chi connectivity index (χ2v) is 7.43. The first-order chi connectivity index (χ1) is 12.4. The van der Waals surface area contributed by atoms with Crippen LogP contribution < -0.4 is 10.7 Å². The van der Waals surface area contributed by atoms with Crippen LogP contribution in [0.1, 0.15) is 26.6 Å². The van der Waals surface area contributed by atoms with Crippen LogP contribution in [-0.4, -0.2) is 25.1 Å². The molecular weight excluding hydrogens is 350 g/mol. The predicted octanol–water partition coefficient (Wildman–Crippen LogP) is 2.19. The zero-order valence-electron chi connectivity index (χ0n) is 14.6. The standard InChI is InChI=1S/C18H17N5O2S/c1-10-4-5-15-13(6-10)16(24)14(9-22(15)3)17(25)19-7-12-8-23-18(20-12)26-11(2)21-23/h4-6,8-9H,7H2,1-3H3,(H,19,25). The van der Waals surface area contributed by atoms with E-state index in [4.69, 9.17) is 0 Å². The fourth-order valence-corrected chi connectivity index (χ4v) is 3.71. The maximum absolute atomic E-state index is 12.7. The summed E-state index contributed by atoms with van der Waals surface area (Å²) in [5.41, 5.74) is 2.34. The van der Waals surface area contributed by atoms with Crippen molar-refractivity contribution in [3.05, 3.63) is 62.6 Å². The summed E-state index contributed by atoms with van der Waals surface area (Å²) in [6, 6.07) is 5.65. The van der Waals surface area contributed by atoms with Gasteiger partial charge in [0.25, 0.3) is 5.91 Å². The van der Waals surface area contributed by atoms with Crippen LogP contribution in [0.25, 0.3) is 15.9 Å².